The Morgan fingerprint density at radius 3 is 1.29 bits per heavy atom. The van der Waals surface area contributed by atoms with Gasteiger partial charge in [-0.2, -0.15) is 0 Å². The molecule has 28 heavy (non-hydrogen) atoms. The Balaban J connectivity index is 1.93. The van der Waals surface area contributed by atoms with Crippen LogP contribution in [-0.2, 0) is 0 Å². The van der Waals surface area contributed by atoms with Crippen molar-refractivity contribution in [3.8, 4) is 11.5 Å². The molecule has 0 heterocycles. The SMILES string of the molecule is Nc1c(O)c(NC(=O)c2ccccc2)c(N)c(O)c1NC(=O)c1ccccc1. The monoisotopic (exact) mass is 378 g/mol. The third-order valence-electron chi connectivity index (χ3n) is 4.07. The van der Waals surface area contributed by atoms with Crippen LogP contribution in [0.25, 0.3) is 0 Å². The van der Waals surface area contributed by atoms with E-state index in [1.165, 1.54) is 0 Å². The molecule has 8 nitrogen and oxygen atoms in total. The van der Waals surface area contributed by atoms with Gasteiger partial charge >= 0.3 is 0 Å². The molecule has 3 rings (SSSR count). The minimum Gasteiger partial charge on any atom is -0.504 e. The van der Waals surface area contributed by atoms with Crippen LogP contribution < -0.4 is 22.1 Å². The van der Waals surface area contributed by atoms with Gasteiger partial charge in [-0.3, -0.25) is 9.59 Å². The average Bonchev–Trinajstić information content (AvgIpc) is 2.73. The van der Waals surface area contributed by atoms with Crippen LogP contribution in [0.2, 0.25) is 0 Å². The molecule has 0 spiro atoms. The number of carbonyl (C=O) groups excluding carboxylic acids is 2. The lowest BCUT2D eigenvalue weighted by atomic mass is 10.1. The van der Waals surface area contributed by atoms with Gasteiger partial charge in [-0.15, -0.1) is 0 Å². The number of amides is 2. The maximum absolute atomic E-state index is 12.3. The van der Waals surface area contributed by atoms with Crippen LogP contribution in [-0.4, -0.2) is 22.0 Å². The normalized spacial score (nSPS) is 10.3. The van der Waals surface area contributed by atoms with Crippen molar-refractivity contribution in [2.45, 2.75) is 0 Å². The van der Waals surface area contributed by atoms with Gasteiger partial charge in [-0.1, -0.05) is 36.4 Å². The lowest BCUT2D eigenvalue weighted by Crippen LogP contribution is -2.16. The zero-order valence-electron chi connectivity index (χ0n) is 14.6. The van der Waals surface area contributed by atoms with Crippen LogP contribution in [0.5, 0.6) is 11.5 Å². The van der Waals surface area contributed by atoms with E-state index in [9.17, 15) is 19.8 Å². The lowest BCUT2D eigenvalue weighted by Gasteiger charge is -2.18. The molecule has 0 saturated heterocycles. The van der Waals surface area contributed by atoms with E-state index in [0.717, 1.165) is 0 Å². The predicted molar refractivity (Wildman–Crippen MR) is 107 cm³/mol. The quantitative estimate of drug-likeness (QED) is 0.233. The van der Waals surface area contributed by atoms with Crippen LogP contribution >= 0.6 is 0 Å². The van der Waals surface area contributed by atoms with Crippen LogP contribution in [0.4, 0.5) is 22.7 Å². The minimum atomic E-state index is -0.567. The fourth-order valence-corrected chi connectivity index (χ4v) is 2.56. The summed E-state index contributed by atoms with van der Waals surface area (Å²) < 4.78 is 0. The molecule has 142 valence electrons. The van der Waals surface area contributed by atoms with Crippen LogP contribution in [0.15, 0.2) is 60.7 Å². The number of aromatic hydroxyl groups is 2. The zero-order chi connectivity index (χ0) is 20.3. The number of nitrogen functional groups attached to an aromatic ring is 2. The smallest absolute Gasteiger partial charge is 0.255 e. The Hall–Kier alpha value is -4.20. The Labute approximate surface area is 160 Å². The van der Waals surface area contributed by atoms with Crippen LogP contribution in [0.1, 0.15) is 20.7 Å². The Kier molecular flexibility index (Phi) is 5.03. The fourth-order valence-electron chi connectivity index (χ4n) is 2.56. The van der Waals surface area contributed by atoms with E-state index in [-0.39, 0.29) is 22.7 Å². The first-order valence-electron chi connectivity index (χ1n) is 8.25. The van der Waals surface area contributed by atoms with Gasteiger partial charge in [-0.05, 0) is 24.3 Å². The number of benzene rings is 3. The number of phenolic OH excluding ortho intramolecular Hbond substituents is 2. The molecule has 3 aromatic rings. The van der Waals surface area contributed by atoms with E-state index in [2.05, 4.69) is 10.6 Å². The van der Waals surface area contributed by atoms with Crippen molar-refractivity contribution >= 4 is 34.6 Å². The minimum absolute atomic E-state index is 0.249. The third kappa shape index (κ3) is 3.51. The summed E-state index contributed by atoms with van der Waals surface area (Å²) >= 11 is 0. The molecule has 3 aromatic carbocycles. The average molecular weight is 378 g/mol. The molecule has 0 aromatic heterocycles. The van der Waals surface area contributed by atoms with Gasteiger partial charge in [0.1, 0.15) is 22.7 Å². The lowest BCUT2D eigenvalue weighted by molar-refractivity contribution is 0.101. The van der Waals surface area contributed by atoms with E-state index in [0.29, 0.717) is 11.1 Å². The summed E-state index contributed by atoms with van der Waals surface area (Å²) in [5, 5.41) is 25.6. The second-order valence-corrected chi connectivity index (χ2v) is 5.91. The summed E-state index contributed by atoms with van der Waals surface area (Å²) in [5.41, 5.74) is 11.2. The molecule has 0 aliphatic rings. The first-order chi connectivity index (χ1) is 13.4. The molecule has 0 atom stereocenters. The Morgan fingerprint density at radius 1 is 0.643 bits per heavy atom. The Bertz CT molecular complexity index is 924. The van der Waals surface area contributed by atoms with Gasteiger partial charge in [0.05, 0.1) is 0 Å². The predicted octanol–water partition coefficient (Wildman–Crippen LogP) is 2.77. The molecule has 8 heteroatoms. The number of hydrogen-bond acceptors (Lipinski definition) is 6. The summed E-state index contributed by atoms with van der Waals surface area (Å²) in [6, 6.07) is 16.5. The molecule has 8 N–H and O–H groups in total. The first-order valence-corrected chi connectivity index (χ1v) is 8.25. The number of nitrogens with two attached hydrogens (primary N) is 2. The topological polar surface area (TPSA) is 151 Å². The number of carbonyl (C=O) groups is 2. The highest BCUT2D eigenvalue weighted by Crippen LogP contribution is 2.48. The summed E-state index contributed by atoms with van der Waals surface area (Å²) in [6.07, 6.45) is 0. The summed E-state index contributed by atoms with van der Waals surface area (Å²) in [5.74, 6) is -2.24. The van der Waals surface area contributed by atoms with Crippen molar-refractivity contribution in [3.63, 3.8) is 0 Å². The van der Waals surface area contributed by atoms with Crippen molar-refractivity contribution in [3.05, 3.63) is 71.8 Å². The fraction of sp³-hybridized carbons (Fsp3) is 0. The molecule has 0 radical (unpaired) electrons. The van der Waals surface area contributed by atoms with Crippen molar-refractivity contribution in [1.29, 1.82) is 0 Å². The second kappa shape index (κ2) is 7.58. The number of hydrogen-bond donors (Lipinski definition) is 6. The second-order valence-electron chi connectivity index (χ2n) is 5.91. The highest BCUT2D eigenvalue weighted by Gasteiger charge is 2.24. The van der Waals surface area contributed by atoms with E-state index < -0.39 is 23.3 Å². The van der Waals surface area contributed by atoms with Crippen molar-refractivity contribution in [1.82, 2.24) is 0 Å². The maximum atomic E-state index is 12.3. The molecular weight excluding hydrogens is 360 g/mol. The molecule has 0 unspecified atom stereocenters. The maximum Gasteiger partial charge on any atom is 0.255 e. The number of anilines is 4. The van der Waals surface area contributed by atoms with Crippen molar-refractivity contribution in [2.75, 3.05) is 22.1 Å². The molecule has 0 bridgehead atoms. The van der Waals surface area contributed by atoms with Gasteiger partial charge in [0, 0.05) is 11.1 Å². The van der Waals surface area contributed by atoms with Crippen LogP contribution in [0, 0.1) is 0 Å². The summed E-state index contributed by atoms with van der Waals surface area (Å²) in [6.45, 7) is 0. The van der Waals surface area contributed by atoms with Gasteiger partial charge in [-0.25, -0.2) is 0 Å². The van der Waals surface area contributed by atoms with E-state index in [1.807, 2.05) is 0 Å². The van der Waals surface area contributed by atoms with Gasteiger partial charge in [0.15, 0.2) is 11.5 Å². The molecule has 0 fully saturated rings. The van der Waals surface area contributed by atoms with E-state index in [1.54, 1.807) is 60.7 Å². The van der Waals surface area contributed by atoms with Crippen molar-refractivity contribution < 1.29 is 19.8 Å². The van der Waals surface area contributed by atoms with Gasteiger partial charge in [0.2, 0.25) is 0 Å². The number of rotatable bonds is 4. The largest absolute Gasteiger partial charge is 0.504 e. The van der Waals surface area contributed by atoms with E-state index >= 15 is 0 Å². The zero-order valence-corrected chi connectivity index (χ0v) is 14.6. The number of nitrogens with one attached hydrogen (secondary N) is 2. The Morgan fingerprint density at radius 2 is 0.964 bits per heavy atom. The van der Waals surface area contributed by atoms with Crippen LogP contribution in [0.3, 0.4) is 0 Å². The first kappa shape index (κ1) is 18.6. The molecule has 0 aliphatic heterocycles. The summed E-state index contributed by atoms with van der Waals surface area (Å²) in [7, 11) is 0. The summed E-state index contributed by atoms with van der Waals surface area (Å²) in [4.78, 5) is 24.6. The molecule has 0 saturated carbocycles. The molecule has 2 amide bonds. The highest BCUT2D eigenvalue weighted by atomic mass is 16.3. The van der Waals surface area contributed by atoms with Crippen molar-refractivity contribution in [2.24, 2.45) is 0 Å². The number of phenols is 2. The molecular formula is C20H18N4O4. The van der Waals surface area contributed by atoms with Gasteiger partial charge < -0.3 is 32.3 Å². The van der Waals surface area contributed by atoms with E-state index in [4.69, 9.17) is 11.5 Å². The third-order valence-corrected chi connectivity index (χ3v) is 4.07. The molecule has 0 aliphatic carbocycles. The van der Waals surface area contributed by atoms with Gasteiger partial charge in [0.25, 0.3) is 11.8 Å². The highest BCUT2D eigenvalue weighted by molar-refractivity contribution is 6.12. The standard InChI is InChI=1S/C20H18N4O4/c21-13-15(23-19(27)11-7-3-1-4-8-11)17(25)14(22)16(18(13)26)24-20(28)12-9-5-2-6-10-12/h1-10,25-26H,21-22H2,(H,23,27)(H,24,28).